The van der Waals surface area contributed by atoms with E-state index >= 15 is 0 Å². The first kappa shape index (κ1) is 9.44. The molecule has 0 aromatic carbocycles. The van der Waals surface area contributed by atoms with Crippen molar-refractivity contribution < 1.29 is 5.11 Å². The van der Waals surface area contributed by atoms with Crippen LogP contribution in [0.1, 0.15) is 26.2 Å². The molecule has 2 heterocycles. The van der Waals surface area contributed by atoms with E-state index in [4.69, 9.17) is 0 Å². The second kappa shape index (κ2) is 3.95. The lowest BCUT2D eigenvalue weighted by Crippen LogP contribution is -2.48. The Morgan fingerprint density at radius 2 is 2.08 bits per heavy atom. The van der Waals surface area contributed by atoms with E-state index in [0.29, 0.717) is 6.04 Å². The van der Waals surface area contributed by atoms with Crippen LogP contribution in [-0.2, 0) is 0 Å². The van der Waals surface area contributed by atoms with Gasteiger partial charge in [0.15, 0.2) is 0 Å². The van der Waals surface area contributed by atoms with Crippen LogP contribution in [0.3, 0.4) is 0 Å². The van der Waals surface area contributed by atoms with Crippen LogP contribution in [0, 0.1) is 0 Å². The van der Waals surface area contributed by atoms with Gasteiger partial charge in [0.2, 0.25) is 0 Å². The van der Waals surface area contributed by atoms with E-state index in [0.717, 1.165) is 6.54 Å². The normalized spacial score (nSPS) is 33.2. The average Bonchev–Trinajstić information content (AvgIpc) is 2.44. The van der Waals surface area contributed by atoms with Gasteiger partial charge in [-0.25, -0.2) is 0 Å². The number of nitrogens with zero attached hydrogens (tertiary/aromatic N) is 2. The molecule has 2 unspecified atom stereocenters. The summed E-state index contributed by atoms with van der Waals surface area (Å²) in [5, 5.41) is 9.53. The smallest absolute Gasteiger partial charge is 0.104 e. The summed E-state index contributed by atoms with van der Waals surface area (Å²) in [5.74, 6) is 0. The Balaban J connectivity index is 1.82. The van der Waals surface area contributed by atoms with Gasteiger partial charge in [-0.3, -0.25) is 4.90 Å². The maximum atomic E-state index is 9.53. The number of aliphatic hydroxyl groups excluding tert-OH is 1. The molecule has 2 aliphatic heterocycles. The van der Waals surface area contributed by atoms with Crippen LogP contribution in [0.15, 0.2) is 0 Å². The van der Waals surface area contributed by atoms with Crippen LogP contribution in [0.5, 0.6) is 0 Å². The topological polar surface area (TPSA) is 26.7 Å². The summed E-state index contributed by atoms with van der Waals surface area (Å²) in [6, 6.07) is 0.611. The molecule has 0 saturated carbocycles. The van der Waals surface area contributed by atoms with E-state index in [9.17, 15) is 5.11 Å². The Morgan fingerprint density at radius 1 is 1.31 bits per heavy atom. The van der Waals surface area contributed by atoms with Crippen molar-refractivity contribution in [3.63, 3.8) is 0 Å². The Bertz CT molecular complexity index is 168. The van der Waals surface area contributed by atoms with Gasteiger partial charge in [-0.15, -0.1) is 0 Å². The minimum Gasteiger partial charge on any atom is -0.379 e. The minimum absolute atomic E-state index is 0.256. The van der Waals surface area contributed by atoms with Crippen molar-refractivity contribution in [2.24, 2.45) is 0 Å². The second-order valence-electron chi connectivity index (χ2n) is 4.32. The molecule has 2 atom stereocenters. The third-order valence-electron chi connectivity index (χ3n) is 3.32. The fourth-order valence-corrected chi connectivity index (χ4v) is 2.41. The summed E-state index contributed by atoms with van der Waals surface area (Å²) >= 11 is 0. The van der Waals surface area contributed by atoms with Crippen LogP contribution < -0.4 is 0 Å². The number of aliphatic hydroxyl groups is 1. The molecule has 2 saturated heterocycles. The van der Waals surface area contributed by atoms with Crippen molar-refractivity contribution >= 4 is 0 Å². The molecule has 3 nitrogen and oxygen atoms in total. The third-order valence-corrected chi connectivity index (χ3v) is 3.32. The third kappa shape index (κ3) is 2.03. The SMILES string of the molecule is CC(O)N1CCCC1CN1CCC1. The van der Waals surface area contributed by atoms with E-state index in [1.54, 1.807) is 0 Å². The summed E-state index contributed by atoms with van der Waals surface area (Å²) in [6.07, 6.45) is 3.63. The quantitative estimate of drug-likeness (QED) is 0.691. The van der Waals surface area contributed by atoms with Crippen LogP contribution in [-0.4, -0.2) is 53.4 Å². The fourth-order valence-electron chi connectivity index (χ4n) is 2.41. The summed E-state index contributed by atoms with van der Waals surface area (Å²) in [5.41, 5.74) is 0. The lowest BCUT2D eigenvalue weighted by Gasteiger charge is -2.36. The van der Waals surface area contributed by atoms with Crippen molar-refractivity contribution in [3.05, 3.63) is 0 Å². The standard InChI is InChI=1S/C10H20N2O/c1-9(13)12-7-2-4-10(12)8-11-5-3-6-11/h9-10,13H,2-8H2,1H3. The molecule has 0 aromatic rings. The van der Waals surface area contributed by atoms with Gasteiger partial charge in [0, 0.05) is 19.1 Å². The molecule has 76 valence electrons. The van der Waals surface area contributed by atoms with Crippen LogP contribution in [0.2, 0.25) is 0 Å². The Kier molecular flexibility index (Phi) is 2.86. The largest absolute Gasteiger partial charge is 0.379 e. The zero-order valence-corrected chi connectivity index (χ0v) is 8.45. The summed E-state index contributed by atoms with van der Waals surface area (Å²) in [4.78, 5) is 4.73. The molecule has 1 N–H and O–H groups in total. The number of likely N-dealkylation sites (tertiary alicyclic amines) is 2. The van der Waals surface area contributed by atoms with Crippen molar-refractivity contribution in [2.75, 3.05) is 26.2 Å². The van der Waals surface area contributed by atoms with Crippen molar-refractivity contribution in [1.29, 1.82) is 0 Å². The van der Waals surface area contributed by atoms with Crippen LogP contribution in [0.25, 0.3) is 0 Å². The van der Waals surface area contributed by atoms with Gasteiger partial charge in [-0.2, -0.15) is 0 Å². The highest BCUT2D eigenvalue weighted by atomic mass is 16.3. The van der Waals surface area contributed by atoms with Gasteiger partial charge in [0.1, 0.15) is 6.23 Å². The average molecular weight is 184 g/mol. The molecule has 13 heavy (non-hydrogen) atoms. The number of hydrogen-bond acceptors (Lipinski definition) is 3. The van der Waals surface area contributed by atoms with Gasteiger partial charge >= 0.3 is 0 Å². The summed E-state index contributed by atoms with van der Waals surface area (Å²) in [6.45, 7) is 6.67. The highest BCUT2D eigenvalue weighted by Crippen LogP contribution is 2.21. The molecule has 0 spiro atoms. The number of hydrogen-bond donors (Lipinski definition) is 1. The first-order valence-corrected chi connectivity index (χ1v) is 5.43. The summed E-state index contributed by atoms with van der Waals surface area (Å²) < 4.78 is 0. The van der Waals surface area contributed by atoms with E-state index in [1.165, 1.54) is 38.9 Å². The molecule has 2 aliphatic rings. The van der Waals surface area contributed by atoms with Gasteiger partial charge in [0.25, 0.3) is 0 Å². The first-order valence-electron chi connectivity index (χ1n) is 5.43. The van der Waals surface area contributed by atoms with Crippen molar-refractivity contribution in [1.82, 2.24) is 9.80 Å². The number of rotatable bonds is 3. The fraction of sp³-hybridized carbons (Fsp3) is 1.00. The molecule has 2 rings (SSSR count). The van der Waals surface area contributed by atoms with Crippen molar-refractivity contribution in [2.45, 2.75) is 38.5 Å². The predicted octanol–water partition coefficient (Wildman–Crippen LogP) is 0.495. The summed E-state index contributed by atoms with van der Waals surface area (Å²) in [7, 11) is 0. The molecular weight excluding hydrogens is 164 g/mol. The Labute approximate surface area is 80.3 Å². The van der Waals surface area contributed by atoms with Crippen LogP contribution in [0.4, 0.5) is 0 Å². The van der Waals surface area contributed by atoms with Gasteiger partial charge in [0.05, 0.1) is 0 Å². The maximum absolute atomic E-state index is 9.53. The Hall–Kier alpha value is -0.120. The van der Waals surface area contributed by atoms with Gasteiger partial charge < -0.3 is 10.0 Å². The van der Waals surface area contributed by atoms with Gasteiger partial charge in [-0.1, -0.05) is 0 Å². The molecule has 0 amide bonds. The van der Waals surface area contributed by atoms with E-state index < -0.39 is 0 Å². The zero-order valence-electron chi connectivity index (χ0n) is 8.45. The maximum Gasteiger partial charge on any atom is 0.104 e. The van der Waals surface area contributed by atoms with E-state index in [-0.39, 0.29) is 6.23 Å². The second-order valence-corrected chi connectivity index (χ2v) is 4.32. The Morgan fingerprint density at radius 3 is 2.62 bits per heavy atom. The highest BCUT2D eigenvalue weighted by Gasteiger charge is 2.30. The predicted molar refractivity (Wildman–Crippen MR) is 52.5 cm³/mol. The molecule has 0 aromatic heterocycles. The molecule has 2 fully saturated rings. The molecule has 0 aliphatic carbocycles. The van der Waals surface area contributed by atoms with Gasteiger partial charge in [-0.05, 0) is 39.3 Å². The molecule has 3 heteroatoms. The lowest BCUT2D eigenvalue weighted by atomic mass is 10.1. The molecule has 0 bridgehead atoms. The molecule has 0 radical (unpaired) electrons. The molecular formula is C10H20N2O. The monoisotopic (exact) mass is 184 g/mol. The highest BCUT2D eigenvalue weighted by molar-refractivity contribution is 4.84. The zero-order chi connectivity index (χ0) is 9.26. The van der Waals surface area contributed by atoms with E-state index in [1.807, 2.05) is 6.92 Å². The minimum atomic E-state index is -0.256. The van der Waals surface area contributed by atoms with Crippen molar-refractivity contribution in [3.8, 4) is 0 Å². The van der Waals surface area contributed by atoms with Crippen LogP contribution >= 0.6 is 0 Å². The first-order chi connectivity index (χ1) is 6.27. The lowest BCUT2D eigenvalue weighted by molar-refractivity contribution is -0.00492. The van der Waals surface area contributed by atoms with E-state index in [2.05, 4.69) is 9.80 Å².